The molecule has 0 aliphatic heterocycles. The zero-order chi connectivity index (χ0) is 35.1. The summed E-state index contributed by atoms with van der Waals surface area (Å²) in [5.41, 5.74) is 12.8. The molecule has 10 aromatic rings. The molecule has 0 radical (unpaired) electrons. The van der Waals surface area contributed by atoms with Gasteiger partial charge in [-0.1, -0.05) is 97.1 Å². The van der Waals surface area contributed by atoms with E-state index in [9.17, 15) is 0 Å². The molecule has 0 fully saturated rings. The lowest BCUT2D eigenvalue weighted by Crippen LogP contribution is -2.09. The van der Waals surface area contributed by atoms with Gasteiger partial charge in [0, 0.05) is 41.8 Å². The number of nitrogens with zero attached hydrogens (tertiary/aromatic N) is 3. The molecule has 0 aliphatic rings. The summed E-state index contributed by atoms with van der Waals surface area (Å²) in [6.45, 7) is 0. The van der Waals surface area contributed by atoms with E-state index < -0.39 is 0 Å². The highest BCUT2D eigenvalue weighted by molar-refractivity contribution is 6.27. The third-order valence-corrected chi connectivity index (χ3v) is 10.4. The van der Waals surface area contributed by atoms with Crippen LogP contribution < -0.4 is 4.90 Å². The molecule has 3 heteroatoms. The molecule has 0 unspecified atom stereocenters. The molecule has 0 saturated heterocycles. The molecule has 0 atom stereocenters. The third kappa shape index (κ3) is 5.47. The van der Waals surface area contributed by atoms with Crippen LogP contribution in [0.2, 0.25) is 0 Å². The van der Waals surface area contributed by atoms with Crippen molar-refractivity contribution < 1.29 is 0 Å². The molecule has 0 spiro atoms. The SMILES string of the molecule is c1ccc(N(c2ccccc2)c2ccc(-c3ccc4ccc5c(-c6cc(-c7ccncc7)cc(-c7ccncc7)c6)ccc6ccc3c4c65)cc2)cc1. The predicted molar refractivity (Wildman–Crippen MR) is 222 cm³/mol. The van der Waals surface area contributed by atoms with Gasteiger partial charge in [0.25, 0.3) is 0 Å². The fraction of sp³-hybridized carbons (Fsp3) is 0. The van der Waals surface area contributed by atoms with Crippen LogP contribution in [0.25, 0.3) is 76.8 Å². The molecule has 8 aromatic carbocycles. The summed E-state index contributed by atoms with van der Waals surface area (Å²) >= 11 is 0. The van der Waals surface area contributed by atoms with E-state index in [1.165, 1.54) is 54.6 Å². The molecule has 0 aliphatic carbocycles. The fourth-order valence-corrected chi connectivity index (χ4v) is 7.90. The zero-order valence-corrected chi connectivity index (χ0v) is 28.9. The quantitative estimate of drug-likeness (QED) is 0.157. The van der Waals surface area contributed by atoms with Gasteiger partial charge < -0.3 is 4.90 Å². The molecule has 3 nitrogen and oxygen atoms in total. The number of aromatic nitrogens is 2. The minimum atomic E-state index is 1.12. The van der Waals surface area contributed by atoms with Gasteiger partial charge in [-0.3, -0.25) is 9.97 Å². The second kappa shape index (κ2) is 12.9. The van der Waals surface area contributed by atoms with Crippen molar-refractivity contribution in [1.82, 2.24) is 9.97 Å². The van der Waals surface area contributed by atoms with E-state index in [0.717, 1.165) is 39.3 Å². The molecule has 10 rings (SSSR count). The van der Waals surface area contributed by atoms with Gasteiger partial charge in [0.05, 0.1) is 0 Å². The summed E-state index contributed by atoms with van der Waals surface area (Å²) in [5.74, 6) is 0. The Kier molecular flexibility index (Phi) is 7.47. The van der Waals surface area contributed by atoms with Gasteiger partial charge in [-0.25, -0.2) is 0 Å². The number of para-hydroxylation sites is 2. The van der Waals surface area contributed by atoms with Gasteiger partial charge in [0.15, 0.2) is 0 Å². The average molecular weight is 676 g/mol. The Balaban J connectivity index is 1.12. The van der Waals surface area contributed by atoms with E-state index in [2.05, 4.69) is 191 Å². The number of pyridine rings is 2. The van der Waals surface area contributed by atoms with E-state index >= 15 is 0 Å². The van der Waals surface area contributed by atoms with Gasteiger partial charge >= 0.3 is 0 Å². The lowest BCUT2D eigenvalue weighted by Gasteiger charge is -2.25. The van der Waals surface area contributed by atoms with E-state index in [1.54, 1.807) is 0 Å². The van der Waals surface area contributed by atoms with Crippen molar-refractivity contribution in [2.24, 2.45) is 0 Å². The number of rotatable bonds is 7. The molecule has 0 saturated carbocycles. The van der Waals surface area contributed by atoms with Crippen molar-refractivity contribution in [3.8, 4) is 44.5 Å². The number of benzene rings is 8. The van der Waals surface area contributed by atoms with Crippen LogP contribution in [-0.2, 0) is 0 Å². The van der Waals surface area contributed by atoms with Crippen molar-refractivity contribution >= 4 is 49.4 Å². The van der Waals surface area contributed by atoms with E-state index in [1.807, 2.05) is 24.8 Å². The first-order valence-corrected chi connectivity index (χ1v) is 18.0. The first kappa shape index (κ1) is 30.7. The minimum Gasteiger partial charge on any atom is -0.311 e. The average Bonchev–Trinajstić information content (AvgIpc) is 3.24. The highest BCUT2D eigenvalue weighted by atomic mass is 15.1. The topological polar surface area (TPSA) is 29.0 Å². The Morgan fingerprint density at radius 2 is 0.717 bits per heavy atom. The van der Waals surface area contributed by atoms with E-state index in [-0.39, 0.29) is 0 Å². The number of hydrogen-bond acceptors (Lipinski definition) is 3. The Bertz CT molecular complexity index is 2760. The highest BCUT2D eigenvalue weighted by Gasteiger charge is 2.17. The Hall–Kier alpha value is -7.10. The van der Waals surface area contributed by atoms with Gasteiger partial charge in [-0.05, 0) is 156 Å². The van der Waals surface area contributed by atoms with Crippen LogP contribution in [-0.4, -0.2) is 9.97 Å². The Morgan fingerprint density at radius 3 is 1.21 bits per heavy atom. The molecule has 2 heterocycles. The summed E-state index contributed by atoms with van der Waals surface area (Å²) in [6, 6.07) is 63.6. The molecule has 53 heavy (non-hydrogen) atoms. The van der Waals surface area contributed by atoms with Crippen LogP contribution in [0.3, 0.4) is 0 Å². The van der Waals surface area contributed by atoms with Crippen LogP contribution >= 0.6 is 0 Å². The predicted octanol–water partition coefficient (Wildman–Crippen LogP) is 13.5. The first-order chi connectivity index (χ1) is 26.3. The summed E-state index contributed by atoms with van der Waals surface area (Å²) in [4.78, 5) is 10.9. The molecule has 248 valence electrons. The minimum absolute atomic E-state index is 1.12. The summed E-state index contributed by atoms with van der Waals surface area (Å²) < 4.78 is 0. The molecule has 0 bridgehead atoms. The van der Waals surface area contributed by atoms with Crippen molar-refractivity contribution in [3.05, 3.63) is 201 Å². The largest absolute Gasteiger partial charge is 0.311 e. The van der Waals surface area contributed by atoms with Crippen LogP contribution in [0.5, 0.6) is 0 Å². The van der Waals surface area contributed by atoms with E-state index in [0.29, 0.717) is 0 Å². The second-order valence-corrected chi connectivity index (χ2v) is 13.5. The zero-order valence-electron chi connectivity index (χ0n) is 28.9. The van der Waals surface area contributed by atoms with Crippen LogP contribution in [0.4, 0.5) is 17.1 Å². The molecule has 0 N–H and O–H groups in total. The normalized spacial score (nSPS) is 11.4. The van der Waals surface area contributed by atoms with Crippen molar-refractivity contribution in [1.29, 1.82) is 0 Å². The lowest BCUT2D eigenvalue weighted by molar-refractivity contribution is 1.28. The molecular formula is C50H33N3. The maximum absolute atomic E-state index is 4.28. The van der Waals surface area contributed by atoms with Crippen LogP contribution in [0, 0.1) is 0 Å². The smallest absolute Gasteiger partial charge is 0.0462 e. The maximum Gasteiger partial charge on any atom is 0.0462 e. The maximum atomic E-state index is 4.28. The Morgan fingerprint density at radius 1 is 0.302 bits per heavy atom. The summed E-state index contributed by atoms with van der Waals surface area (Å²) in [6.07, 6.45) is 7.44. The monoisotopic (exact) mass is 675 g/mol. The fourth-order valence-electron chi connectivity index (χ4n) is 7.90. The van der Waals surface area contributed by atoms with Crippen LogP contribution in [0.15, 0.2) is 201 Å². The standard InChI is InChI=1S/C50H33N3/c1-3-7-42(8-4-1)53(43-9-5-2-6-10-43)44-17-11-36(12-18-44)45-19-13-37-16-22-48-46(20-14-38-15-21-47(45)49(37)50(38)48)41-32-39(34-23-27-51-28-24-34)31-40(33-41)35-25-29-52-30-26-35/h1-33H. The summed E-state index contributed by atoms with van der Waals surface area (Å²) in [5, 5.41) is 7.61. The van der Waals surface area contributed by atoms with Crippen molar-refractivity contribution in [2.45, 2.75) is 0 Å². The van der Waals surface area contributed by atoms with Crippen molar-refractivity contribution in [3.63, 3.8) is 0 Å². The molecule has 2 aromatic heterocycles. The number of anilines is 3. The highest BCUT2D eigenvalue weighted by Crippen LogP contribution is 2.44. The van der Waals surface area contributed by atoms with Crippen molar-refractivity contribution in [2.75, 3.05) is 4.90 Å². The van der Waals surface area contributed by atoms with Gasteiger partial charge in [0.2, 0.25) is 0 Å². The number of hydrogen-bond donors (Lipinski definition) is 0. The van der Waals surface area contributed by atoms with Gasteiger partial charge in [-0.15, -0.1) is 0 Å². The summed E-state index contributed by atoms with van der Waals surface area (Å²) in [7, 11) is 0. The molecule has 0 amide bonds. The van der Waals surface area contributed by atoms with E-state index in [4.69, 9.17) is 0 Å². The van der Waals surface area contributed by atoms with Crippen LogP contribution in [0.1, 0.15) is 0 Å². The first-order valence-electron chi connectivity index (χ1n) is 18.0. The van der Waals surface area contributed by atoms with Gasteiger partial charge in [0.1, 0.15) is 0 Å². The second-order valence-electron chi connectivity index (χ2n) is 13.5. The third-order valence-electron chi connectivity index (χ3n) is 10.4. The lowest BCUT2D eigenvalue weighted by atomic mass is 9.86. The Labute approximate surface area is 308 Å². The van der Waals surface area contributed by atoms with Gasteiger partial charge in [-0.2, -0.15) is 0 Å². The molecular weight excluding hydrogens is 643 g/mol.